The Morgan fingerprint density at radius 1 is 1.44 bits per heavy atom. The largest absolute Gasteiger partial charge is 0.381 e. The molecule has 1 rings (SSSR count). The van der Waals surface area contributed by atoms with Crippen LogP contribution in [0.4, 0.5) is 0 Å². The molecule has 1 aliphatic rings. The maximum Gasteiger partial charge on any atom is 0.0598 e. The zero-order valence-electron chi connectivity index (χ0n) is 13.1. The summed E-state index contributed by atoms with van der Waals surface area (Å²) in [5, 5.41) is 3.68. The number of ether oxygens (including phenoxy) is 1. The van der Waals surface area contributed by atoms with Gasteiger partial charge in [-0.3, -0.25) is 4.90 Å². The normalized spacial score (nSPS) is 28.3. The highest BCUT2D eigenvalue weighted by Crippen LogP contribution is 2.21. The summed E-state index contributed by atoms with van der Waals surface area (Å²) in [6.45, 7) is 13.7. The summed E-state index contributed by atoms with van der Waals surface area (Å²) in [5.74, 6) is 0. The van der Waals surface area contributed by atoms with E-state index in [1.807, 2.05) is 7.11 Å². The first kappa shape index (κ1) is 15.9. The Morgan fingerprint density at radius 2 is 2.11 bits per heavy atom. The number of hydrogen-bond donors (Lipinski definition) is 1. The molecule has 1 saturated heterocycles. The standard InChI is InChI=1S/C15H32N2O/c1-7-15(4,5)16-11-13(3)17-9-8-14(18-6)10-12(17)2/h12-14,16H,7-11H2,1-6H3. The highest BCUT2D eigenvalue weighted by atomic mass is 16.5. The molecule has 0 radical (unpaired) electrons. The number of hydrogen-bond acceptors (Lipinski definition) is 3. The minimum atomic E-state index is 0.252. The van der Waals surface area contributed by atoms with Crippen LogP contribution in [0.25, 0.3) is 0 Å². The Balaban J connectivity index is 2.40. The van der Waals surface area contributed by atoms with E-state index in [-0.39, 0.29) is 5.54 Å². The van der Waals surface area contributed by atoms with Gasteiger partial charge in [0.25, 0.3) is 0 Å². The van der Waals surface area contributed by atoms with Gasteiger partial charge >= 0.3 is 0 Å². The average Bonchev–Trinajstić information content (AvgIpc) is 2.36. The molecule has 0 spiro atoms. The molecule has 1 aliphatic heterocycles. The van der Waals surface area contributed by atoms with Crippen LogP contribution in [-0.4, -0.2) is 48.8 Å². The van der Waals surface area contributed by atoms with E-state index >= 15 is 0 Å². The summed E-state index contributed by atoms with van der Waals surface area (Å²) in [5.41, 5.74) is 0.252. The van der Waals surface area contributed by atoms with Crippen LogP contribution in [-0.2, 0) is 4.74 Å². The van der Waals surface area contributed by atoms with Gasteiger partial charge in [0.2, 0.25) is 0 Å². The highest BCUT2D eigenvalue weighted by Gasteiger charge is 2.29. The van der Waals surface area contributed by atoms with Gasteiger partial charge in [0.1, 0.15) is 0 Å². The maximum absolute atomic E-state index is 5.48. The van der Waals surface area contributed by atoms with Crippen LogP contribution in [0, 0.1) is 0 Å². The molecular weight excluding hydrogens is 224 g/mol. The quantitative estimate of drug-likeness (QED) is 0.791. The third-order valence-electron chi connectivity index (χ3n) is 4.54. The van der Waals surface area contributed by atoms with Crippen molar-refractivity contribution in [1.82, 2.24) is 10.2 Å². The Labute approximate surface area is 113 Å². The van der Waals surface area contributed by atoms with Gasteiger partial charge in [-0.1, -0.05) is 6.92 Å². The lowest BCUT2D eigenvalue weighted by molar-refractivity contribution is 0.000904. The highest BCUT2D eigenvalue weighted by molar-refractivity contribution is 4.85. The van der Waals surface area contributed by atoms with Crippen molar-refractivity contribution in [2.75, 3.05) is 20.2 Å². The van der Waals surface area contributed by atoms with Crippen LogP contribution < -0.4 is 5.32 Å². The van der Waals surface area contributed by atoms with Crippen LogP contribution in [0.5, 0.6) is 0 Å². The second-order valence-corrected chi connectivity index (χ2v) is 6.44. The summed E-state index contributed by atoms with van der Waals surface area (Å²) < 4.78 is 5.48. The first-order valence-corrected chi connectivity index (χ1v) is 7.43. The molecule has 1 heterocycles. The van der Waals surface area contributed by atoms with E-state index in [0.717, 1.165) is 19.5 Å². The predicted molar refractivity (Wildman–Crippen MR) is 78.0 cm³/mol. The molecule has 108 valence electrons. The first-order valence-electron chi connectivity index (χ1n) is 7.43. The lowest BCUT2D eigenvalue weighted by Crippen LogP contribution is -2.53. The number of methoxy groups -OCH3 is 1. The topological polar surface area (TPSA) is 24.5 Å². The maximum atomic E-state index is 5.48. The molecule has 0 aliphatic carbocycles. The van der Waals surface area contributed by atoms with Gasteiger partial charge in [0.15, 0.2) is 0 Å². The molecule has 18 heavy (non-hydrogen) atoms. The summed E-state index contributed by atoms with van der Waals surface area (Å²) in [6.07, 6.45) is 3.96. The molecule has 3 heteroatoms. The van der Waals surface area contributed by atoms with Crippen molar-refractivity contribution >= 4 is 0 Å². The van der Waals surface area contributed by atoms with E-state index in [1.54, 1.807) is 0 Å². The van der Waals surface area contributed by atoms with E-state index in [0.29, 0.717) is 18.2 Å². The fraction of sp³-hybridized carbons (Fsp3) is 1.00. The lowest BCUT2D eigenvalue weighted by atomic mass is 9.97. The van der Waals surface area contributed by atoms with Crippen LogP contribution in [0.2, 0.25) is 0 Å². The second-order valence-electron chi connectivity index (χ2n) is 6.44. The molecule has 3 nitrogen and oxygen atoms in total. The lowest BCUT2D eigenvalue weighted by Gasteiger charge is -2.41. The molecule has 1 fully saturated rings. The van der Waals surface area contributed by atoms with Crippen LogP contribution in [0.3, 0.4) is 0 Å². The summed E-state index contributed by atoms with van der Waals surface area (Å²) in [4.78, 5) is 2.62. The molecule has 0 amide bonds. The third-order valence-corrected chi connectivity index (χ3v) is 4.54. The zero-order chi connectivity index (χ0) is 13.8. The Morgan fingerprint density at radius 3 is 2.61 bits per heavy atom. The van der Waals surface area contributed by atoms with Crippen LogP contribution in [0.1, 0.15) is 53.9 Å². The van der Waals surface area contributed by atoms with Crippen molar-refractivity contribution < 1.29 is 4.74 Å². The molecule has 0 aromatic carbocycles. The van der Waals surface area contributed by atoms with Gasteiger partial charge in [0.05, 0.1) is 6.10 Å². The van der Waals surface area contributed by atoms with Crippen molar-refractivity contribution in [3.8, 4) is 0 Å². The third kappa shape index (κ3) is 4.52. The summed E-state index contributed by atoms with van der Waals surface area (Å²) >= 11 is 0. The van der Waals surface area contributed by atoms with Crippen LogP contribution in [0.15, 0.2) is 0 Å². The molecule has 3 atom stereocenters. The fourth-order valence-corrected chi connectivity index (χ4v) is 2.68. The molecule has 3 unspecified atom stereocenters. The molecule has 0 aromatic rings. The average molecular weight is 256 g/mol. The number of nitrogens with zero attached hydrogens (tertiary/aromatic N) is 1. The van der Waals surface area contributed by atoms with Gasteiger partial charge < -0.3 is 10.1 Å². The van der Waals surface area contributed by atoms with E-state index in [1.165, 1.54) is 12.8 Å². The van der Waals surface area contributed by atoms with E-state index in [9.17, 15) is 0 Å². The predicted octanol–water partition coefficient (Wildman–Crippen LogP) is 2.65. The van der Waals surface area contributed by atoms with E-state index in [4.69, 9.17) is 4.74 Å². The summed E-state index contributed by atoms with van der Waals surface area (Å²) in [7, 11) is 1.84. The Kier molecular flexibility index (Phi) is 6.09. The van der Waals surface area contributed by atoms with Gasteiger partial charge in [-0.05, 0) is 47.0 Å². The van der Waals surface area contributed by atoms with Gasteiger partial charge in [-0.2, -0.15) is 0 Å². The van der Waals surface area contributed by atoms with Gasteiger partial charge in [-0.25, -0.2) is 0 Å². The minimum Gasteiger partial charge on any atom is -0.381 e. The number of piperidine rings is 1. The van der Waals surface area contributed by atoms with E-state index in [2.05, 4.69) is 44.8 Å². The first-order chi connectivity index (χ1) is 8.39. The number of rotatable bonds is 6. The monoisotopic (exact) mass is 256 g/mol. The molecule has 1 N–H and O–H groups in total. The number of nitrogens with one attached hydrogen (secondary N) is 1. The van der Waals surface area contributed by atoms with Crippen molar-refractivity contribution in [2.24, 2.45) is 0 Å². The Hall–Kier alpha value is -0.120. The number of likely N-dealkylation sites (tertiary alicyclic amines) is 1. The molecule has 0 aromatic heterocycles. The van der Waals surface area contributed by atoms with Crippen molar-refractivity contribution in [2.45, 2.75) is 77.6 Å². The fourth-order valence-electron chi connectivity index (χ4n) is 2.68. The minimum absolute atomic E-state index is 0.252. The van der Waals surface area contributed by atoms with Gasteiger partial charge in [-0.15, -0.1) is 0 Å². The Bertz CT molecular complexity index is 243. The second kappa shape index (κ2) is 6.88. The van der Waals surface area contributed by atoms with Crippen molar-refractivity contribution in [3.05, 3.63) is 0 Å². The van der Waals surface area contributed by atoms with Crippen LogP contribution >= 0.6 is 0 Å². The SMILES string of the molecule is CCC(C)(C)NCC(C)N1CCC(OC)CC1C. The molecular formula is C15H32N2O. The zero-order valence-corrected chi connectivity index (χ0v) is 13.1. The smallest absolute Gasteiger partial charge is 0.0598 e. The van der Waals surface area contributed by atoms with E-state index < -0.39 is 0 Å². The van der Waals surface area contributed by atoms with Gasteiger partial charge in [0, 0.05) is 37.8 Å². The summed E-state index contributed by atoms with van der Waals surface area (Å²) in [6, 6.07) is 1.23. The van der Waals surface area contributed by atoms with Crippen molar-refractivity contribution in [3.63, 3.8) is 0 Å². The molecule has 0 bridgehead atoms. The molecule has 0 saturated carbocycles. The van der Waals surface area contributed by atoms with Crippen molar-refractivity contribution in [1.29, 1.82) is 0 Å².